The predicted molar refractivity (Wildman–Crippen MR) is 98.4 cm³/mol. The number of benzene rings is 1. The number of hydrogen-bond donors (Lipinski definition) is 2. The molecule has 0 aliphatic carbocycles. The molecule has 1 aromatic carbocycles. The molecule has 4 rings (SSSR count). The molecule has 0 bridgehead atoms. The molecule has 0 saturated heterocycles. The molecule has 126 valence electrons. The Morgan fingerprint density at radius 3 is 3.04 bits per heavy atom. The van der Waals surface area contributed by atoms with Crippen molar-refractivity contribution in [2.45, 2.75) is 10.9 Å². The van der Waals surface area contributed by atoms with Crippen molar-refractivity contribution in [1.29, 1.82) is 0 Å². The molecular formula is C16H10ClN3O3S2. The Morgan fingerprint density at radius 1 is 1.36 bits per heavy atom. The predicted octanol–water partition coefficient (Wildman–Crippen LogP) is 4.29. The van der Waals surface area contributed by atoms with Gasteiger partial charge in [0.2, 0.25) is 5.16 Å². The Bertz CT molecular complexity index is 1110. The van der Waals surface area contributed by atoms with Gasteiger partial charge >= 0.3 is 5.63 Å². The molecule has 0 aliphatic heterocycles. The van der Waals surface area contributed by atoms with E-state index < -0.39 is 5.63 Å². The summed E-state index contributed by atoms with van der Waals surface area (Å²) in [6.45, 7) is 0. The summed E-state index contributed by atoms with van der Waals surface area (Å²) >= 11 is 8.94. The molecule has 4 aromatic rings. The highest BCUT2D eigenvalue weighted by Crippen LogP contribution is 2.32. The Morgan fingerprint density at radius 2 is 2.24 bits per heavy atom. The maximum absolute atomic E-state index is 11.7. The Balaban J connectivity index is 1.63. The van der Waals surface area contributed by atoms with E-state index in [4.69, 9.17) is 16.0 Å². The summed E-state index contributed by atoms with van der Waals surface area (Å²) in [6.07, 6.45) is 0. The van der Waals surface area contributed by atoms with Crippen LogP contribution in [0.4, 0.5) is 0 Å². The minimum atomic E-state index is -0.487. The minimum absolute atomic E-state index is 0.128. The molecule has 9 heteroatoms. The molecule has 0 saturated carbocycles. The number of halogens is 1. The van der Waals surface area contributed by atoms with E-state index in [1.165, 1.54) is 23.9 Å². The number of thioether (sulfide) groups is 1. The average Bonchev–Trinajstić information content (AvgIpc) is 3.25. The van der Waals surface area contributed by atoms with Gasteiger partial charge in [0.05, 0.1) is 9.90 Å². The average molecular weight is 392 g/mol. The van der Waals surface area contributed by atoms with Gasteiger partial charge in [-0.25, -0.2) is 9.78 Å². The summed E-state index contributed by atoms with van der Waals surface area (Å²) in [7, 11) is 0. The van der Waals surface area contributed by atoms with Crippen LogP contribution in [-0.2, 0) is 5.75 Å². The fourth-order valence-electron chi connectivity index (χ4n) is 2.33. The standard InChI is InChI=1S/C16H10ClN3O3S2/c17-10-5-9-8(4-14(22)23-12(9)6-11(10)21)7-25-16-18-15(19-20-16)13-2-1-3-24-13/h1-6,21H,7H2,(H,18,19,20). The van der Waals surface area contributed by atoms with Crippen LogP contribution < -0.4 is 5.63 Å². The number of thiophene rings is 1. The molecule has 3 aromatic heterocycles. The summed E-state index contributed by atoms with van der Waals surface area (Å²) in [5, 5.41) is 20.2. The maximum atomic E-state index is 11.7. The van der Waals surface area contributed by atoms with E-state index in [1.807, 2.05) is 17.5 Å². The molecule has 25 heavy (non-hydrogen) atoms. The lowest BCUT2D eigenvalue weighted by molar-refractivity contribution is 0.473. The first kappa shape index (κ1) is 16.2. The van der Waals surface area contributed by atoms with Crippen molar-refractivity contribution in [3.05, 3.63) is 56.7 Å². The van der Waals surface area contributed by atoms with Crippen molar-refractivity contribution in [1.82, 2.24) is 15.2 Å². The van der Waals surface area contributed by atoms with Gasteiger partial charge in [-0.2, -0.15) is 0 Å². The number of phenolic OH excluding ortho intramolecular Hbond substituents is 1. The van der Waals surface area contributed by atoms with Crippen LogP contribution >= 0.6 is 34.7 Å². The quantitative estimate of drug-likeness (QED) is 0.398. The monoisotopic (exact) mass is 391 g/mol. The van der Waals surface area contributed by atoms with Crippen LogP contribution in [0, 0.1) is 0 Å². The van der Waals surface area contributed by atoms with Gasteiger partial charge in [-0.3, -0.25) is 5.10 Å². The number of phenols is 1. The van der Waals surface area contributed by atoms with Crippen LogP contribution in [0.1, 0.15) is 5.56 Å². The smallest absolute Gasteiger partial charge is 0.336 e. The zero-order valence-electron chi connectivity index (χ0n) is 12.5. The third kappa shape index (κ3) is 3.28. The number of H-pyrrole nitrogens is 1. The number of rotatable bonds is 4. The molecule has 2 N–H and O–H groups in total. The second kappa shape index (κ2) is 6.55. The highest BCUT2D eigenvalue weighted by atomic mass is 35.5. The summed E-state index contributed by atoms with van der Waals surface area (Å²) in [5.74, 6) is 1.05. The number of aromatic hydroxyl groups is 1. The fraction of sp³-hybridized carbons (Fsp3) is 0.0625. The molecule has 0 radical (unpaired) electrons. The summed E-state index contributed by atoms with van der Waals surface area (Å²) in [5.41, 5.74) is 0.541. The van der Waals surface area contributed by atoms with E-state index in [1.54, 1.807) is 17.4 Å². The van der Waals surface area contributed by atoms with Crippen molar-refractivity contribution >= 4 is 45.7 Å². The second-order valence-corrected chi connectivity index (χ2v) is 7.42. The van der Waals surface area contributed by atoms with Gasteiger partial charge in [-0.05, 0) is 23.1 Å². The number of hydrogen-bond acceptors (Lipinski definition) is 7. The lowest BCUT2D eigenvalue weighted by Crippen LogP contribution is -2.00. The van der Waals surface area contributed by atoms with Gasteiger partial charge in [-0.15, -0.1) is 16.4 Å². The van der Waals surface area contributed by atoms with Gasteiger partial charge in [0, 0.05) is 23.3 Å². The normalized spacial score (nSPS) is 11.2. The highest BCUT2D eigenvalue weighted by molar-refractivity contribution is 7.98. The lowest BCUT2D eigenvalue weighted by Gasteiger charge is -2.05. The number of aromatic amines is 1. The third-order valence-electron chi connectivity index (χ3n) is 3.47. The number of nitrogens with one attached hydrogen (secondary N) is 1. The Labute approximate surface area is 154 Å². The van der Waals surface area contributed by atoms with Gasteiger partial charge in [0.15, 0.2) is 5.82 Å². The first-order chi connectivity index (χ1) is 12.1. The van der Waals surface area contributed by atoms with Crippen molar-refractivity contribution in [2.75, 3.05) is 0 Å². The summed E-state index contributed by atoms with van der Waals surface area (Å²) < 4.78 is 5.12. The van der Waals surface area contributed by atoms with Gasteiger partial charge in [-0.1, -0.05) is 29.4 Å². The molecule has 0 unspecified atom stereocenters. The number of aromatic nitrogens is 3. The third-order valence-corrected chi connectivity index (χ3v) is 5.55. The second-order valence-electron chi connectivity index (χ2n) is 5.12. The first-order valence-electron chi connectivity index (χ1n) is 7.14. The zero-order chi connectivity index (χ0) is 17.4. The molecule has 0 amide bonds. The van der Waals surface area contributed by atoms with Crippen LogP contribution in [0.15, 0.2) is 50.1 Å². The molecule has 0 aliphatic rings. The largest absolute Gasteiger partial charge is 0.506 e. The lowest BCUT2D eigenvalue weighted by atomic mass is 10.1. The van der Waals surface area contributed by atoms with Crippen molar-refractivity contribution in [3.8, 4) is 16.5 Å². The van der Waals surface area contributed by atoms with Crippen LogP contribution in [0.2, 0.25) is 5.02 Å². The molecular weight excluding hydrogens is 382 g/mol. The van der Waals surface area contributed by atoms with E-state index >= 15 is 0 Å². The van der Waals surface area contributed by atoms with Crippen LogP contribution in [-0.4, -0.2) is 20.3 Å². The maximum Gasteiger partial charge on any atom is 0.336 e. The van der Waals surface area contributed by atoms with Crippen LogP contribution in [0.3, 0.4) is 0 Å². The highest BCUT2D eigenvalue weighted by Gasteiger charge is 2.12. The molecule has 0 atom stereocenters. The number of nitrogens with zero attached hydrogens (tertiary/aromatic N) is 2. The SMILES string of the molecule is O=c1cc(CSc2n[nH]c(-c3cccs3)n2)c2cc(Cl)c(O)cc2o1. The molecule has 0 fully saturated rings. The Kier molecular flexibility index (Phi) is 4.24. The van der Waals surface area contributed by atoms with Gasteiger partial charge in [0.1, 0.15) is 11.3 Å². The van der Waals surface area contributed by atoms with E-state index in [0.717, 1.165) is 10.4 Å². The fourth-order valence-corrected chi connectivity index (χ4v) is 3.95. The van der Waals surface area contributed by atoms with Gasteiger partial charge < -0.3 is 9.52 Å². The van der Waals surface area contributed by atoms with Crippen molar-refractivity contribution in [3.63, 3.8) is 0 Å². The van der Waals surface area contributed by atoms with Crippen molar-refractivity contribution < 1.29 is 9.52 Å². The van der Waals surface area contributed by atoms with E-state index in [2.05, 4.69) is 15.2 Å². The first-order valence-corrected chi connectivity index (χ1v) is 9.39. The number of fused-ring (bicyclic) bond motifs is 1. The molecule has 0 spiro atoms. The van der Waals surface area contributed by atoms with Crippen LogP contribution in [0.5, 0.6) is 5.75 Å². The van der Waals surface area contributed by atoms with E-state index in [-0.39, 0.29) is 10.8 Å². The Hall–Kier alpha value is -2.29. The van der Waals surface area contributed by atoms with Gasteiger partial charge in [0.25, 0.3) is 0 Å². The van der Waals surface area contributed by atoms with E-state index in [0.29, 0.717) is 27.7 Å². The topological polar surface area (TPSA) is 92.0 Å². The zero-order valence-corrected chi connectivity index (χ0v) is 14.9. The summed E-state index contributed by atoms with van der Waals surface area (Å²) in [6, 6.07) is 8.25. The van der Waals surface area contributed by atoms with Crippen molar-refractivity contribution in [2.24, 2.45) is 0 Å². The molecule has 3 heterocycles. The summed E-state index contributed by atoms with van der Waals surface area (Å²) in [4.78, 5) is 17.2. The minimum Gasteiger partial charge on any atom is -0.506 e. The molecule has 6 nitrogen and oxygen atoms in total. The van der Waals surface area contributed by atoms with Crippen LogP contribution in [0.25, 0.3) is 21.7 Å². The van der Waals surface area contributed by atoms with E-state index in [9.17, 15) is 9.90 Å².